The van der Waals surface area contributed by atoms with Crippen LogP contribution in [-0.2, 0) is 17.8 Å². The highest BCUT2D eigenvalue weighted by Gasteiger charge is 2.35. The standard InChI is InChI=1S/C32H43N3O3/c1-33-20-11-3-2-4-12-21-35(31(36)24-34-22-19-25-13-5-6-14-26(25)23-34)28-16-8-10-18-30(28)38-29-17-9-7-15-27(29)32(33)37/h5-7,9,13-15,17,28,30H,2-4,8,10-12,16,18-24H2,1H3/t28-,30+/m1/s1. The van der Waals surface area contributed by atoms with Crippen molar-refractivity contribution in [2.75, 3.05) is 33.2 Å². The lowest BCUT2D eigenvalue weighted by Crippen LogP contribution is -2.53. The summed E-state index contributed by atoms with van der Waals surface area (Å²) in [4.78, 5) is 33.5. The summed E-state index contributed by atoms with van der Waals surface area (Å²) in [6, 6.07) is 16.3. The summed E-state index contributed by atoms with van der Waals surface area (Å²) < 4.78 is 6.66. The van der Waals surface area contributed by atoms with E-state index in [1.807, 2.05) is 36.2 Å². The summed E-state index contributed by atoms with van der Waals surface area (Å²) in [5, 5.41) is 0. The Hall–Kier alpha value is -2.86. The third-order valence-electron chi connectivity index (χ3n) is 8.59. The smallest absolute Gasteiger partial charge is 0.257 e. The first-order valence-electron chi connectivity index (χ1n) is 14.7. The minimum absolute atomic E-state index is 0.0149. The third-order valence-corrected chi connectivity index (χ3v) is 8.59. The van der Waals surface area contributed by atoms with Gasteiger partial charge in [-0.05, 0) is 61.8 Å². The summed E-state index contributed by atoms with van der Waals surface area (Å²) in [7, 11) is 1.89. The lowest BCUT2D eigenvalue weighted by atomic mass is 9.90. The molecule has 2 atom stereocenters. The molecule has 0 bridgehead atoms. The number of carbonyl (C=O) groups is 2. The van der Waals surface area contributed by atoms with E-state index in [1.165, 1.54) is 11.1 Å². The van der Waals surface area contributed by atoms with Crippen LogP contribution in [-0.4, -0.2) is 71.9 Å². The molecule has 2 aromatic rings. The minimum Gasteiger partial charge on any atom is -0.487 e. The van der Waals surface area contributed by atoms with E-state index in [9.17, 15) is 9.59 Å². The van der Waals surface area contributed by atoms with Crippen molar-refractivity contribution in [3.63, 3.8) is 0 Å². The third kappa shape index (κ3) is 6.40. The lowest BCUT2D eigenvalue weighted by molar-refractivity contribution is -0.138. The van der Waals surface area contributed by atoms with Gasteiger partial charge in [0.2, 0.25) is 5.91 Å². The number of ether oxygens (including phenoxy) is 1. The monoisotopic (exact) mass is 517 g/mol. The van der Waals surface area contributed by atoms with Gasteiger partial charge < -0.3 is 14.5 Å². The van der Waals surface area contributed by atoms with Crippen LogP contribution in [0.2, 0.25) is 0 Å². The highest BCUT2D eigenvalue weighted by atomic mass is 16.5. The lowest BCUT2D eigenvalue weighted by Gasteiger charge is -2.41. The fraction of sp³-hybridized carbons (Fsp3) is 0.562. The molecule has 1 aliphatic carbocycles. The van der Waals surface area contributed by atoms with Crippen LogP contribution in [0.3, 0.4) is 0 Å². The van der Waals surface area contributed by atoms with Gasteiger partial charge in [-0.25, -0.2) is 0 Å². The van der Waals surface area contributed by atoms with E-state index in [0.717, 1.165) is 90.4 Å². The Morgan fingerprint density at radius 3 is 2.42 bits per heavy atom. The van der Waals surface area contributed by atoms with Crippen molar-refractivity contribution < 1.29 is 14.3 Å². The second-order valence-electron chi connectivity index (χ2n) is 11.3. The van der Waals surface area contributed by atoms with Crippen molar-refractivity contribution in [1.29, 1.82) is 0 Å². The average molecular weight is 518 g/mol. The molecule has 0 spiro atoms. The first-order valence-corrected chi connectivity index (χ1v) is 14.7. The highest BCUT2D eigenvalue weighted by Crippen LogP contribution is 2.31. The molecule has 1 saturated carbocycles. The predicted molar refractivity (Wildman–Crippen MR) is 150 cm³/mol. The van der Waals surface area contributed by atoms with E-state index in [4.69, 9.17) is 4.74 Å². The van der Waals surface area contributed by atoms with Crippen LogP contribution in [0, 0.1) is 0 Å². The SMILES string of the molecule is CN1CCCCCCCN(C(=O)CN2CCc3ccccc3C2)[C@@H]2CCCC[C@@H]2Oc2ccccc2C1=O. The Balaban J connectivity index is 1.37. The van der Waals surface area contributed by atoms with Gasteiger partial charge in [0, 0.05) is 33.2 Å². The first-order chi connectivity index (χ1) is 18.6. The van der Waals surface area contributed by atoms with E-state index in [-0.39, 0.29) is 24.0 Å². The van der Waals surface area contributed by atoms with E-state index in [0.29, 0.717) is 17.9 Å². The van der Waals surface area contributed by atoms with Gasteiger partial charge in [-0.15, -0.1) is 0 Å². The van der Waals surface area contributed by atoms with Crippen molar-refractivity contribution in [2.45, 2.75) is 82.9 Å². The van der Waals surface area contributed by atoms with Crippen LogP contribution in [0.15, 0.2) is 48.5 Å². The van der Waals surface area contributed by atoms with Crippen LogP contribution < -0.4 is 4.74 Å². The second-order valence-corrected chi connectivity index (χ2v) is 11.3. The van der Waals surface area contributed by atoms with Crippen LogP contribution in [0.5, 0.6) is 5.75 Å². The Morgan fingerprint density at radius 1 is 0.842 bits per heavy atom. The number of hydrogen-bond acceptors (Lipinski definition) is 4. The molecule has 2 aliphatic heterocycles. The van der Waals surface area contributed by atoms with Gasteiger partial charge in [0.25, 0.3) is 5.91 Å². The van der Waals surface area contributed by atoms with Crippen molar-refractivity contribution in [2.24, 2.45) is 0 Å². The number of para-hydroxylation sites is 1. The summed E-state index contributed by atoms with van der Waals surface area (Å²) in [5.74, 6) is 0.885. The van der Waals surface area contributed by atoms with Gasteiger partial charge >= 0.3 is 0 Å². The molecule has 204 valence electrons. The topological polar surface area (TPSA) is 53.1 Å². The first kappa shape index (κ1) is 26.7. The fourth-order valence-corrected chi connectivity index (χ4v) is 6.40. The van der Waals surface area contributed by atoms with Gasteiger partial charge in [0.15, 0.2) is 0 Å². The molecule has 2 heterocycles. The highest BCUT2D eigenvalue weighted by molar-refractivity contribution is 5.96. The molecule has 5 rings (SSSR count). The molecule has 1 fully saturated rings. The molecular formula is C32H43N3O3. The Bertz CT molecular complexity index is 1100. The summed E-state index contributed by atoms with van der Waals surface area (Å²) in [5.41, 5.74) is 3.37. The zero-order valence-corrected chi connectivity index (χ0v) is 22.9. The van der Waals surface area contributed by atoms with Crippen molar-refractivity contribution >= 4 is 11.8 Å². The van der Waals surface area contributed by atoms with Crippen LogP contribution in [0.4, 0.5) is 0 Å². The maximum atomic E-state index is 13.9. The molecule has 6 nitrogen and oxygen atoms in total. The van der Waals surface area contributed by atoms with E-state index < -0.39 is 0 Å². The second kappa shape index (κ2) is 12.8. The van der Waals surface area contributed by atoms with Crippen LogP contribution in [0.1, 0.15) is 79.3 Å². The maximum absolute atomic E-state index is 13.9. The van der Waals surface area contributed by atoms with Gasteiger partial charge in [-0.1, -0.05) is 62.1 Å². The normalized spacial score (nSPS) is 23.8. The van der Waals surface area contributed by atoms with Crippen molar-refractivity contribution in [3.05, 3.63) is 65.2 Å². The average Bonchev–Trinajstić information content (AvgIpc) is 2.94. The summed E-state index contributed by atoms with van der Waals surface area (Å²) in [6.07, 6.45) is 10.3. The maximum Gasteiger partial charge on any atom is 0.257 e. The molecule has 6 heteroatoms. The van der Waals surface area contributed by atoms with Crippen LogP contribution >= 0.6 is 0 Å². The molecule has 38 heavy (non-hydrogen) atoms. The summed E-state index contributed by atoms with van der Waals surface area (Å²) >= 11 is 0. The zero-order chi connectivity index (χ0) is 26.3. The van der Waals surface area contributed by atoms with E-state index in [1.54, 1.807) is 0 Å². The number of amides is 2. The number of carbonyl (C=O) groups excluding carboxylic acids is 2. The number of hydrogen-bond donors (Lipinski definition) is 0. The molecule has 2 amide bonds. The van der Waals surface area contributed by atoms with Gasteiger partial charge in [0.05, 0.1) is 18.2 Å². The molecule has 0 unspecified atom stereocenters. The van der Waals surface area contributed by atoms with Gasteiger partial charge in [-0.3, -0.25) is 14.5 Å². The minimum atomic E-state index is -0.0980. The van der Waals surface area contributed by atoms with E-state index in [2.05, 4.69) is 34.1 Å². The molecule has 2 aromatic carbocycles. The van der Waals surface area contributed by atoms with Gasteiger partial charge in [-0.2, -0.15) is 0 Å². The quantitative estimate of drug-likeness (QED) is 0.543. The largest absolute Gasteiger partial charge is 0.487 e. The molecule has 0 saturated heterocycles. The van der Waals surface area contributed by atoms with Gasteiger partial charge in [0.1, 0.15) is 11.9 Å². The summed E-state index contributed by atoms with van der Waals surface area (Å²) in [6.45, 7) is 3.75. The van der Waals surface area contributed by atoms with Crippen LogP contribution in [0.25, 0.3) is 0 Å². The molecule has 0 radical (unpaired) electrons. The number of rotatable bonds is 2. The predicted octanol–water partition coefficient (Wildman–Crippen LogP) is 5.30. The molecular weight excluding hydrogens is 474 g/mol. The number of benzene rings is 2. The molecule has 0 N–H and O–H groups in total. The zero-order valence-electron chi connectivity index (χ0n) is 22.9. The number of nitrogens with zero attached hydrogens (tertiary/aromatic N) is 3. The molecule has 0 aromatic heterocycles. The van der Waals surface area contributed by atoms with Crippen molar-refractivity contribution in [3.8, 4) is 5.75 Å². The Labute approximate surface area is 227 Å². The van der Waals surface area contributed by atoms with E-state index >= 15 is 0 Å². The Kier molecular flexibility index (Phi) is 9.00. The van der Waals surface area contributed by atoms with Crippen molar-refractivity contribution in [1.82, 2.24) is 14.7 Å². The number of fused-ring (bicyclic) bond motifs is 3. The fourth-order valence-electron chi connectivity index (χ4n) is 6.40. The Morgan fingerprint density at radius 2 is 1.55 bits per heavy atom. The molecule has 3 aliphatic rings.